The average molecular weight is 330 g/mol. The quantitative estimate of drug-likeness (QED) is 0.916. The van der Waals surface area contributed by atoms with Crippen molar-refractivity contribution in [1.82, 2.24) is 9.88 Å². The van der Waals surface area contributed by atoms with Crippen LogP contribution in [0.15, 0.2) is 35.8 Å². The van der Waals surface area contributed by atoms with Gasteiger partial charge in [-0.25, -0.2) is 4.98 Å². The normalized spacial score (nSPS) is 18.1. The van der Waals surface area contributed by atoms with E-state index in [0.29, 0.717) is 5.13 Å². The molecule has 6 heteroatoms. The van der Waals surface area contributed by atoms with Gasteiger partial charge < -0.3 is 10.2 Å². The minimum atomic E-state index is -0.0749. The standard InChI is InChI=1S/C17H22N4OS/c1-20(2)14-7-4-3-6-13(14)12-21-10-5-8-15(21)16(22)19-17-18-9-11-23-17/h3-4,6-7,9,11,15H,5,8,10,12H2,1-2H3,(H,18,19,22)/t15-/m0/s1. The van der Waals surface area contributed by atoms with Gasteiger partial charge in [-0.3, -0.25) is 9.69 Å². The van der Waals surface area contributed by atoms with E-state index in [1.807, 2.05) is 5.38 Å². The number of likely N-dealkylation sites (tertiary alicyclic amines) is 1. The highest BCUT2D eigenvalue weighted by Gasteiger charge is 2.31. The molecule has 1 aromatic carbocycles. The number of carbonyl (C=O) groups excluding carboxylic acids is 1. The molecule has 1 amide bonds. The van der Waals surface area contributed by atoms with Crippen LogP contribution >= 0.6 is 11.3 Å². The van der Waals surface area contributed by atoms with E-state index < -0.39 is 0 Å². The van der Waals surface area contributed by atoms with Crippen LogP contribution in [-0.2, 0) is 11.3 Å². The van der Waals surface area contributed by atoms with Crippen molar-refractivity contribution < 1.29 is 4.79 Å². The Hall–Kier alpha value is -1.92. The molecule has 23 heavy (non-hydrogen) atoms. The molecular weight excluding hydrogens is 308 g/mol. The Bertz CT molecular complexity index is 656. The fourth-order valence-electron chi connectivity index (χ4n) is 3.09. The number of hydrogen-bond donors (Lipinski definition) is 1. The largest absolute Gasteiger partial charge is 0.377 e. The minimum Gasteiger partial charge on any atom is -0.377 e. The molecule has 122 valence electrons. The molecule has 0 radical (unpaired) electrons. The highest BCUT2D eigenvalue weighted by Crippen LogP contribution is 2.26. The lowest BCUT2D eigenvalue weighted by molar-refractivity contribution is -0.120. The van der Waals surface area contributed by atoms with Gasteiger partial charge in [0.25, 0.3) is 0 Å². The van der Waals surface area contributed by atoms with Gasteiger partial charge in [0.05, 0.1) is 6.04 Å². The Morgan fingerprint density at radius 1 is 1.43 bits per heavy atom. The van der Waals surface area contributed by atoms with E-state index in [2.05, 4.69) is 58.5 Å². The Morgan fingerprint density at radius 2 is 2.26 bits per heavy atom. The summed E-state index contributed by atoms with van der Waals surface area (Å²) in [6.07, 6.45) is 3.67. The third kappa shape index (κ3) is 3.71. The number of benzene rings is 1. The summed E-state index contributed by atoms with van der Waals surface area (Å²) in [4.78, 5) is 21.1. The molecule has 0 saturated carbocycles. The van der Waals surface area contributed by atoms with Gasteiger partial charge in [-0.2, -0.15) is 0 Å². The molecule has 0 bridgehead atoms. The van der Waals surface area contributed by atoms with Crippen molar-refractivity contribution in [3.63, 3.8) is 0 Å². The topological polar surface area (TPSA) is 48.5 Å². The van der Waals surface area contributed by atoms with Crippen molar-refractivity contribution >= 4 is 28.1 Å². The summed E-state index contributed by atoms with van der Waals surface area (Å²) < 4.78 is 0. The van der Waals surface area contributed by atoms with E-state index >= 15 is 0 Å². The van der Waals surface area contributed by atoms with Gasteiger partial charge in [0.2, 0.25) is 5.91 Å². The maximum atomic E-state index is 12.5. The number of carbonyl (C=O) groups is 1. The van der Waals surface area contributed by atoms with E-state index in [0.717, 1.165) is 25.9 Å². The first-order chi connectivity index (χ1) is 11.1. The number of thiazole rings is 1. The Labute approximate surface area is 140 Å². The third-order valence-corrected chi connectivity index (χ3v) is 4.86. The first-order valence-corrected chi connectivity index (χ1v) is 8.73. The number of hydrogen-bond acceptors (Lipinski definition) is 5. The van der Waals surface area contributed by atoms with E-state index in [-0.39, 0.29) is 11.9 Å². The van der Waals surface area contributed by atoms with Gasteiger partial charge in [0.15, 0.2) is 5.13 Å². The smallest absolute Gasteiger partial charge is 0.243 e. The van der Waals surface area contributed by atoms with Crippen molar-refractivity contribution in [1.29, 1.82) is 0 Å². The van der Waals surface area contributed by atoms with Crippen LogP contribution in [-0.4, -0.2) is 42.5 Å². The number of nitrogens with one attached hydrogen (secondary N) is 1. The second-order valence-electron chi connectivity index (χ2n) is 5.98. The van der Waals surface area contributed by atoms with Crippen LogP contribution in [0.2, 0.25) is 0 Å². The fraction of sp³-hybridized carbons (Fsp3) is 0.412. The number of aromatic nitrogens is 1. The number of amides is 1. The van der Waals surface area contributed by atoms with Gasteiger partial charge in [-0.1, -0.05) is 18.2 Å². The van der Waals surface area contributed by atoms with Crippen molar-refractivity contribution in [3.8, 4) is 0 Å². The zero-order valence-corrected chi connectivity index (χ0v) is 14.3. The van der Waals surface area contributed by atoms with Crippen LogP contribution in [0.3, 0.4) is 0 Å². The molecule has 3 rings (SSSR count). The Morgan fingerprint density at radius 3 is 3.00 bits per heavy atom. The molecule has 1 aromatic heterocycles. The zero-order chi connectivity index (χ0) is 16.2. The number of anilines is 2. The summed E-state index contributed by atoms with van der Waals surface area (Å²) in [5.41, 5.74) is 2.46. The number of para-hydroxylation sites is 1. The first kappa shape index (κ1) is 16.0. The summed E-state index contributed by atoms with van der Waals surface area (Å²) in [5.74, 6) is 0.0554. The van der Waals surface area contributed by atoms with Crippen molar-refractivity contribution in [2.75, 3.05) is 30.9 Å². The maximum Gasteiger partial charge on any atom is 0.243 e. The molecule has 0 unspecified atom stereocenters. The third-order valence-electron chi connectivity index (χ3n) is 4.18. The fourth-order valence-corrected chi connectivity index (χ4v) is 3.62. The van der Waals surface area contributed by atoms with E-state index in [4.69, 9.17) is 0 Å². The molecule has 2 aromatic rings. The summed E-state index contributed by atoms with van der Waals surface area (Å²) in [6.45, 7) is 1.75. The number of nitrogens with zero attached hydrogens (tertiary/aromatic N) is 3. The molecule has 1 fully saturated rings. The van der Waals surface area contributed by atoms with Crippen molar-refractivity contribution in [3.05, 3.63) is 41.4 Å². The van der Waals surface area contributed by atoms with Gasteiger partial charge in [0.1, 0.15) is 0 Å². The Kier molecular flexibility index (Phi) is 4.93. The van der Waals surface area contributed by atoms with E-state index in [1.165, 1.54) is 22.6 Å². The molecule has 1 aliphatic heterocycles. The lowest BCUT2D eigenvalue weighted by Gasteiger charge is -2.26. The van der Waals surface area contributed by atoms with Crippen LogP contribution in [0.4, 0.5) is 10.8 Å². The molecular formula is C17H22N4OS. The molecule has 0 spiro atoms. The number of rotatable bonds is 5. The van der Waals surface area contributed by atoms with Crippen molar-refractivity contribution in [2.24, 2.45) is 0 Å². The van der Waals surface area contributed by atoms with E-state index in [1.54, 1.807) is 6.20 Å². The molecule has 1 aliphatic rings. The van der Waals surface area contributed by atoms with Gasteiger partial charge in [-0.15, -0.1) is 11.3 Å². The molecule has 2 heterocycles. The predicted octanol–water partition coefficient (Wildman–Crippen LogP) is 2.81. The SMILES string of the molecule is CN(C)c1ccccc1CN1CCC[C@H]1C(=O)Nc1nccs1. The Balaban J connectivity index is 1.71. The van der Waals surface area contributed by atoms with Crippen LogP contribution < -0.4 is 10.2 Å². The van der Waals surface area contributed by atoms with Crippen LogP contribution in [0.25, 0.3) is 0 Å². The molecule has 0 aliphatic carbocycles. The predicted molar refractivity (Wildman–Crippen MR) is 94.9 cm³/mol. The van der Waals surface area contributed by atoms with Crippen LogP contribution in [0, 0.1) is 0 Å². The molecule has 1 atom stereocenters. The van der Waals surface area contributed by atoms with Crippen molar-refractivity contribution in [2.45, 2.75) is 25.4 Å². The maximum absolute atomic E-state index is 12.5. The summed E-state index contributed by atoms with van der Waals surface area (Å²) in [7, 11) is 4.10. The van der Waals surface area contributed by atoms with E-state index in [9.17, 15) is 4.79 Å². The minimum absolute atomic E-state index is 0.0554. The lowest BCUT2D eigenvalue weighted by Crippen LogP contribution is -2.39. The molecule has 1 saturated heterocycles. The van der Waals surface area contributed by atoms with Gasteiger partial charge in [0, 0.05) is 37.9 Å². The highest BCUT2D eigenvalue weighted by atomic mass is 32.1. The summed E-state index contributed by atoms with van der Waals surface area (Å²) >= 11 is 1.45. The lowest BCUT2D eigenvalue weighted by atomic mass is 10.1. The van der Waals surface area contributed by atoms with Crippen LogP contribution in [0.5, 0.6) is 0 Å². The first-order valence-electron chi connectivity index (χ1n) is 7.85. The monoisotopic (exact) mass is 330 g/mol. The second kappa shape index (κ2) is 7.10. The summed E-state index contributed by atoms with van der Waals surface area (Å²) in [6, 6.07) is 8.30. The highest BCUT2D eigenvalue weighted by molar-refractivity contribution is 7.13. The molecule has 5 nitrogen and oxygen atoms in total. The zero-order valence-electron chi connectivity index (χ0n) is 13.5. The average Bonchev–Trinajstić information content (AvgIpc) is 3.19. The van der Waals surface area contributed by atoms with Crippen LogP contribution in [0.1, 0.15) is 18.4 Å². The molecule has 1 N–H and O–H groups in total. The second-order valence-corrected chi connectivity index (χ2v) is 6.87. The van der Waals surface area contributed by atoms with Gasteiger partial charge >= 0.3 is 0 Å². The van der Waals surface area contributed by atoms with Gasteiger partial charge in [-0.05, 0) is 31.0 Å². The summed E-state index contributed by atoms with van der Waals surface area (Å²) in [5, 5.41) is 5.48.